The second-order valence-corrected chi connectivity index (χ2v) is 9.19. The minimum Gasteiger partial charge on any atom is -0.497 e. The first-order valence-electron chi connectivity index (χ1n) is 10.1. The third-order valence-corrected chi connectivity index (χ3v) is 5.13. The summed E-state index contributed by atoms with van der Waals surface area (Å²) in [5, 5.41) is 2.82. The smallest absolute Gasteiger partial charge is 0.412 e. The van der Waals surface area contributed by atoms with Crippen molar-refractivity contribution >= 4 is 17.7 Å². The molecule has 0 aromatic heterocycles. The molecule has 0 fully saturated rings. The van der Waals surface area contributed by atoms with E-state index in [-0.39, 0.29) is 5.91 Å². The van der Waals surface area contributed by atoms with Gasteiger partial charge in [-0.25, -0.2) is 4.79 Å². The Labute approximate surface area is 178 Å². The van der Waals surface area contributed by atoms with Crippen molar-refractivity contribution in [2.75, 3.05) is 12.4 Å². The second kappa shape index (κ2) is 8.01. The molecule has 1 N–H and O–H groups in total. The summed E-state index contributed by atoms with van der Waals surface area (Å²) in [4.78, 5) is 27.5. The number of carbonyl (C=O) groups excluding carboxylic acids is 2. The van der Waals surface area contributed by atoms with Crippen LogP contribution in [0.5, 0.6) is 5.75 Å². The van der Waals surface area contributed by atoms with Gasteiger partial charge < -0.3 is 14.4 Å². The Morgan fingerprint density at radius 2 is 1.80 bits per heavy atom. The van der Waals surface area contributed by atoms with Gasteiger partial charge in [-0.05, 0) is 76.4 Å². The Balaban J connectivity index is 1.87. The van der Waals surface area contributed by atoms with Crippen LogP contribution in [0.2, 0.25) is 0 Å². The number of fused-ring (bicyclic) bond motifs is 1. The topological polar surface area (TPSA) is 67.9 Å². The van der Waals surface area contributed by atoms with E-state index >= 15 is 0 Å². The first-order valence-corrected chi connectivity index (χ1v) is 10.1. The number of hydrogen-bond donors (Lipinski definition) is 1. The van der Waals surface area contributed by atoms with Crippen molar-refractivity contribution in [3.05, 3.63) is 59.2 Å². The average molecular weight is 411 g/mol. The fraction of sp³-hybridized carbons (Fsp3) is 0.417. The zero-order valence-electron chi connectivity index (χ0n) is 18.5. The molecule has 6 nitrogen and oxygen atoms in total. The number of hydrogen-bond acceptors (Lipinski definition) is 4. The molecule has 0 saturated heterocycles. The van der Waals surface area contributed by atoms with E-state index in [9.17, 15) is 9.59 Å². The monoisotopic (exact) mass is 410 g/mol. The van der Waals surface area contributed by atoms with Crippen LogP contribution >= 0.6 is 0 Å². The normalized spacial score (nSPS) is 15.4. The minimum absolute atomic E-state index is 0.0510. The van der Waals surface area contributed by atoms with Gasteiger partial charge in [-0.3, -0.25) is 10.1 Å². The lowest BCUT2D eigenvalue weighted by Gasteiger charge is -2.43. The van der Waals surface area contributed by atoms with Crippen LogP contribution in [0.25, 0.3) is 0 Å². The predicted molar refractivity (Wildman–Crippen MR) is 117 cm³/mol. The van der Waals surface area contributed by atoms with Gasteiger partial charge >= 0.3 is 6.09 Å². The fourth-order valence-corrected chi connectivity index (χ4v) is 3.66. The van der Waals surface area contributed by atoms with Crippen LogP contribution in [-0.2, 0) is 17.7 Å². The van der Waals surface area contributed by atoms with Crippen LogP contribution in [0.15, 0.2) is 42.5 Å². The van der Waals surface area contributed by atoms with Crippen molar-refractivity contribution in [1.82, 2.24) is 4.90 Å². The first kappa shape index (κ1) is 21.7. The number of rotatable bonds is 4. The summed E-state index contributed by atoms with van der Waals surface area (Å²) in [6.07, 6.45) is 0.0951. The summed E-state index contributed by atoms with van der Waals surface area (Å²) >= 11 is 0. The Bertz CT molecular complexity index is 943. The van der Waals surface area contributed by atoms with Gasteiger partial charge in [-0.1, -0.05) is 18.2 Å². The Morgan fingerprint density at radius 1 is 1.13 bits per heavy atom. The van der Waals surface area contributed by atoms with Gasteiger partial charge in [0.15, 0.2) is 0 Å². The van der Waals surface area contributed by atoms with E-state index in [1.165, 1.54) is 0 Å². The lowest BCUT2D eigenvalue weighted by Crippen LogP contribution is -2.52. The van der Waals surface area contributed by atoms with E-state index in [2.05, 4.69) is 5.32 Å². The molecule has 2 aromatic rings. The average Bonchev–Trinajstić information content (AvgIpc) is 2.64. The van der Waals surface area contributed by atoms with Gasteiger partial charge in [-0.2, -0.15) is 0 Å². The molecule has 2 aromatic carbocycles. The minimum atomic E-state index is -0.594. The molecule has 1 heterocycles. The molecule has 1 aliphatic rings. The van der Waals surface area contributed by atoms with Crippen molar-refractivity contribution in [1.29, 1.82) is 0 Å². The quantitative estimate of drug-likeness (QED) is 0.769. The van der Waals surface area contributed by atoms with E-state index in [0.29, 0.717) is 24.2 Å². The number of ether oxygens (including phenoxy) is 2. The SMILES string of the molecule is COc1ccc(CN2C(=O)c3cccc(NC(=O)OC(C)(C)C)c3CC2(C)C)cc1. The van der Waals surface area contributed by atoms with Crippen LogP contribution in [-0.4, -0.2) is 35.2 Å². The number of benzene rings is 2. The van der Waals surface area contributed by atoms with Gasteiger partial charge in [0.05, 0.1) is 7.11 Å². The largest absolute Gasteiger partial charge is 0.497 e. The maximum Gasteiger partial charge on any atom is 0.412 e. The van der Waals surface area contributed by atoms with Crippen LogP contribution in [0.4, 0.5) is 10.5 Å². The van der Waals surface area contributed by atoms with Crippen molar-refractivity contribution in [2.45, 2.75) is 58.7 Å². The van der Waals surface area contributed by atoms with Crippen LogP contribution in [0.3, 0.4) is 0 Å². The third-order valence-electron chi connectivity index (χ3n) is 5.13. The Hall–Kier alpha value is -3.02. The van der Waals surface area contributed by atoms with Crippen LogP contribution < -0.4 is 10.1 Å². The summed E-state index contributed by atoms with van der Waals surface area (Å²) in [6, 6.07) is 13.1. The second-order valence-electron chi connectivity index (χ2n) is 9.19. The summed E-state index contributed by atoms with van der Waals surface area (Å²) in [6.45, 7) is 10.0. The number of nitrogens with one attached hydrogen (secondary N) is 1. The van der Waals surface area contributed by atoms with Crippen LogP contribution in [0.1, 0.15) is 56.1 Å². The molecule has 0 radical (unpaired) electrons. The number of methoxy groups -OCH3 is 1. The Morgan fingerprint density at radius 3 is 2.40 bits per heavy atom. The van der Waals surface area contributed by atoms with Crippen molar-refractivity contribution < 1.29 is 19.1 Å². The van der Waals surface area contributed by atoms with E-state index in [4.69, 9.17) is 9.47 Å². The number of nitrogens with zero attached hydrogens (tertiary/aromatic N) is 1. The molecule has 160 valence electrons. The summed E-state index contributed by atoms with van der Waals surface area (Å²) in [7, 11) is 1.63. The van der Waals surface area contributed by atoms with E-state index in [0.717, 1.165) is 16.9 Å². The molecule has 0 aliphatic carbocycles. The molecular weight excluding hydrogens is 380 g/mol. The van der Waals surface area contributed by atoms with Crippen molar-refractivity contribution in [3.63, 3.8) is 0 Å². The van der Waals surface area contributed by atoms with E-state index in [1.807, 2.05) is 75.9 Å². The first-order chi connectivity index (χ1) is 14.0. The highest BCUT2D eigenvalue weighted by Gasteiger charge is 2.39. The molecule has 0 unspecified atom stereocenters. The predicted octanol–water partition coefficient (Wildman–Crippen LogP) is 5.02. The highest BCUT2D eigenvalue weighted by atomic mass is 16.6. The molecule has 2 amide bonds. The zero-order valence-corrected chi connectivity index (χ0v) is 18.5. The lowest BCUT2D eigenvalue weighted by molar-refractivity contribution is 0.0479. The van der Waals surface area contributed by atoms with Gasteiger partial charge in [0.25, 0.3) is 5.91 Å². The molecule has 1 aliphatic heterocycles. The molecule has 6 heteroatoms. The number of carbonyl (C=O) groups is 2. The lowest BCUT2D eigenvalue weighted by atomic mass is 9.83. The molecule has 0 atom stereocenters. The molecule has 0 spiro atoms. The molecule has 30 heavy (non-hydrogen) atoms. The van der Waals surface area contributed by atoms with Gasteiger partial charge in [-0.15, -0.1) is 0 Å². The maximum absolute atomic E-state index is 13.4. The number of amides is 2. The van der Waals surface area contributed by atoms with E-state index in [1.54, 1.807) is 13.2 Å². The van der Waals surface area contributed by atoms with Crippen molar-refractivity contribution in [2.24, 2.45) is 0 Å². The molecule has 3 rings (SSSR count). The summed E-state index contributed by atoms with van der Waals surface area (Å²) in [5.41, 5.74) is 2.08. The summed E-state index contributed by atoms with van der Waals surface area (Å²) < 4.78 is 10.6. The Kier molecular flexibility index (Phi) is 5.79. The zero-order chi connectivity index (χ0) is 22.1. The fourth-order valence-electron chi connectivity index (χ4n) is 3.66. The molecular formula is C24H30N2O4. The number of anilines is 1. The molecule has 0 bridgehead atoms. The maximum atomic E-state index is 13.4. The van der Waals surface area contributed by atoms with E-state index < -0.39 is 17.2 Å². The summed E-state index contributed by atoms with van der Waals surface area (Å²) in [5.74, 6) is 0.732. The van der Waals surface area contributed by atoms with Crippen LogP contribution in [0, 0.1) is 0 Å². The third kappa shape index (κ3) is 4.75. The van der Waals surface area contributed by atoms with Gasteiger partial charge in [0.2, 0.25) is 0 Å². The standard InChI is InChI=1S/C24H30N2O4/c1-23(2,3)30-22(28)25-20-9-7-8-18-19(20)14-24(4,5)26(21(18)27)15-16-10-12-17(29-6)13-11-16/h7-13H,14-15H2,1-6H3,(H,25,28). The van der Waals surface area contributed by atoms with Crippen molar-refractivity contribution in [3.8, 4) is 5.75 Å². The van der Waals surface area contributed by atoms with Gasteiger partial charge in [0, 0.05) is 23.3 Å². The van der Waals surface area contributed by atoms with Gasteiger partial charge in [0.1, 0.15) is 11.4 Å². The highest BCUT2D eigenvalue weighted by Crippen LogP contribution is 2.36. The highest BCUT2D eigenvalue weighted by molar-refractivity contribution is 6.00. The molecule has 0 saturated carbocycles.